The zero-order valence-corrected chi connectivity index (χ0v) is 8.70. The van der Waals surface area contributed by atoms with Gasteiger partial charge >= 0.3 is 11.9 Å². The first kappa shape index (κ1) is 12.0. The van der Waals surface area contributed by atoms with E-state index in [-0.39, 0.29) is 11.9 Å². The molecule has 2 fully saturated rings. The Kier molecular flexibility index (Phi) is 5.77. The van der Waals surface area contributed by atoms with Crippen LogP contribution in [0.5, 0.6) is 0 Å². The minimum absolute atomic E-state index is 0.0359. The summed E-state index contributed by atoms with van der Waals surface area (Å²) >= 11 is 0. The smallest absolute Gasteiger partial charge is 0.308 e. The number of carbonyl (C=O) groups is 2. The predicted octanol–water partition coefficient (Wildman–Crippen LogP) is 0.663. The molecule has 0 radical (unpaired) electrons. The number of carbonyl (C=O) groups excluding carboxylic acids is 2. The van der Waals surface area contributed by atoms with Crippen LogP contribution in [0.3, 0.4) is 0 Å². The molecule has 2 rings (SSSR count). The van der Waals surface area contributed by atoms with E-state index in [9.17, 15) is 9.59 Å². The van der Waals surface area contributed by atoms with Crippen molar-refractivity contribution in [2.24, 2.45) is 0 Å². The van der Waals surface area contributed by atoms with Crippen LogP contribution in [-0.2, 0) is 23.8 Å². The Morgan fingerprint density at radius 1 is 0.733 bits per heavy atom. The van der Waals surface area contributed by atoms with Crippen LogP contribution in [0.2, 0.25) is 0 Å². The number of hydrogen-bond acceptors (Lipinski definition) is 5. The molecule has 2 heterocycles. The van der Waals surface area contributed by atoms with Gasteiger partial charge in [0.15, 0.2) is 0 Å². The van der Waals surface area contributed by atoms with E-state index >= 15 is 0 Å². The Hall–Kier alpha value is -1.10. The summed E-state index contributed by atoms with van der Waals surface area (Å²) < 4.78 is 14.2. The number of esters is 2. The van der Waals surface area contributed by atoms with Crippen molar-refractivity contribution in [3.63, 3.8) is 0 Å². The van der Waals surface area contributed by atoms with Crippen molar-refractivity contribution < 1.29 is 23.8 Å². The molecule has 5 heteroatoms. The van der Waals surface area contributed by atoms with E-state index in [1.807, 2.05) is 0 Å². The molecular weight excluding hydrogens is 200 g/mol. The van der Waals surface area contributed by atoms with Gasteiger partial charge in [-0.25, -0.2) is 0 Å². The van der Waals surface area contributed by atoms with Gasteiger partial charge in [-0.3, -0.25) is 9.59 Å². The highest BCUT2D eigenvalue weighted by molar-refractivity contribution is 5.70. The SMILES string of the molecule is O=C1CCCCO1.O=C1CCOCCO1. The van der Waals surface area contributed by atoms with Gasteiger partial charge in [0.2, 0.25) is 0 Å². The zero-order valence-electron chi connectivity index (χ0n) is 8.70. The third-order valence-electron chi connectivity index (χ3n) is 1.98. The Morgan fingerprint density at radius 3 is 2.07 bits per heavy atom. The van der Waals surface area contributed by atoms with Crippen LogP contribution in [0, 0.1) is 0 Å². The lowest BCUT2D eigenvalue weighted by Gasteiger charge is -2.08. The molecular formula is C10H16O5. The maximum Gasteiger partial charge on any atom is 0.308 e. The first-order valence-corrected chi connectivity index (χ1v) is 5.18. The Balaban J connectivity index is 0.000000151. The maximum atomic E-state index is 10.4. The number of cyclic esters (lactones) is 2. The summed E-state index contributed by atoms with van der Waals surface area (Å²) in [5, 5.41) is 0. The zero-order chi connectivity index (χ0) is 10.9. The van der Waals surface area contributed by atoms with E-state index in [0.717, 1.165) is 12.8 Å². The topological polar surface area (TPSA) is 61.8 Å². The van der Waals surface area contributed by atoms with E-state index < -0.39 is 0 Å². The van der Waals surface area contributed by atoms with Gasteiger partial charge in [-0.2, -0.15) is 0 Å². The van der Waals surface area contributed by atoms with Crippen LogP contribution in [0.15, 0.2) is 0 Å². The standard InChI is InChI=1S/C5H8O3.C5H8O2/c6-5-1-2-7-3-4-8-5;6-5-3-1-2-4-7-5/h1-4H2;1-4H2. The van der Waals surface area contributed by atoms with Gasteiger partial charge in [0.05, 0.1) is 26.2 Å². The van der Waals surface area contributed by atoms with E-state index in [2.05, 4.69) is 9.47 Å². The average Bonchev–Trinajstić information content (AvgIpc) is 2.48. The average molecular weight is 216 g/mol. The largest absolute Gasteiger partial charge is 0.466 e. The van der Waals surface area contributed by atoms with E-state index in [4.69, 9.17) is 4.74 Å². The molecule has 0 aromatic rings. The van der Waals surface area contributed by atoms with Crippen LogP contribution in [0.25, 0.3) is 0 Å². The van der Waals surface area contributed by atoms with Crippen LogP contribution in [0.1, 0.15) is 25.7 Å². The normalized spacial score (nSPS) is 21.6. The molecule has 0 N–H and O–H groups in total. The minimum atomic E-state index is -0.150. The summed E-state index contributed by atoms with van der Waals surface area (Å²) in [5.74, 6) is -0.186. The van der Waals surface area contributed by atoms with Crippen LogP contribution in [0.4, 0.5) is 0 Å². The van der Waals surface area contributed by atoms with Gasteiger partial charge in [-0.05, 0) is 12.8 Å². The van der Waals surface area contributed by atoms with Gasteiger partial charge < -0.3 is 14.2 Å². The molecule has 2 aliphatic rings. The molecule has 86 valence electrons. The summed E-state index contributed by atoms with van der Waals surface area (Å²) in [6, 6.07) is 0. The molecule has 0 amide bonds. The fraction of sp³-hybridized carbons (Fsp3) is 0.800. The summed E-state index contributed by atoms with van der Waals surface area (Å²) in [6.45, 7) is 2.11. The van der Waals surface area contributed by atoms with Gasteiger partial charge in [-0.1, -0.05) is 0 Å². The molecule has 15 heavy (non-hydrogen) atoms. The third-order valence-corrected chi connectivity index (χ3v) is 1.98. The first-order chi connectivity index (χ1) is 7.29. The molecule has 0 saturated carbocycles. The molecule has 2 aliphatic heterocycles. The summed E-state index contributed by atoms with van der Waals surface area (Å²) in [4.78, 5) is 20.6. The Labute approximate surface area is 88.7 Å². The van der Waals surface area contributed by atoms with Crippen molar-refractivity contribution in [3.8, 4) is 0 Å². The minimum Gasteiger partial charge on any atom is -0.466 e. The second kappa shape index (κ2) is 7.23. The number of rotatable bonds is 0. The lowest BCUT2D eigenvalue weighted by molar-refractivity contribution is -0.146. The van der Waals surface area contributed by atoms with Gasteiger partial charge in [-0.15, -0.1) is 0 Å². The van der Waals surface area contributed by atoms with Crippen LogP contribution in [-0.4, -0.2) is 38.4 Å². The van der Waals surface area contributed by atoms with Crippen LogP contribution >= 0.6 is 0 Å². The Bertz CT molecular complexity index is 196. The predicted molar refractivity (Wildman–Crippen MR) is 51.2 cm³/mol. The van der Waals surface area contributed by atoms with Crippen molar-refractivity contribution in [1.82, 2.24) is 0 Å². The second-order valence-electron chi connectivity index (χ2n) is 3.26. The fourth-order valence-corrected chi connectivity index (χ4v) is 1.17. The molecule has 0 aromatic carbocycles. The van der Waals surface area contributed by atoms with Crippen molar-refractivity contribution in [1.29, 1.82) is 0 Å². The maximum absolute atomic E-state index is 10.4. The summed E-state index contributed by atoms with van der Waals surface area (Å²) in [7, 11) is 0. The van der Waals surface area contributed by atoms with Crippen molar-refractivity contribution in [2.45, 2.75) is 25.7 Å². The van der Waals surface area contributed by atoms with Crippen molar-refractivity contribution in [3.05, 3.63) is 0 Å². The fourth-order valence-electron chi connectivity index (χ4n) is 1.17. The molecule has 2 saturated heterocycles. The second-order valence-corrected chi connectivity index (χ2v) is 3.26. The third kappa shape index (κ3) is 6.06. The van der Waals surface area contributed by atoms with Gasteiger partial charge in [0, 0.05) is 6.42 Å². The lowest BCUT2D eigenvalue weighted by Crippen LogP contribution is -2.10. The molecule has 0 unspecified atom stereocenters. The summed E-state index contributed by atoms with van der Waals surface area (Å²) in [5.41, 5.74) is 0. The molecule has 0 aliphatic carbocycles. The molecule has 0 atom stereocenters. The first-order valence-electron chi connectivity index (χ1n) is 5.18. The Morgan fingerprint density at radius 2 is 1.47 bits per heavy atom. The molecule has 5 nitrogen and oxygen atoms in total. The van der Waals surface area contributed by atoms with Crippen LogP contribution < -0.4 is 0 Å². The molecule has 0 bridgehead atoms. The highest BCUT2D eigenvalue weighted by Crippen LogP contribution is 2.04. The molecule has 0 aromatic heterocycles. The van der Waals surface area contributed by atoms with E-state index in [1.54, 1.807) is 0 Å². The van der Waals surface area contributed by atoms with Gasteiger partial charge in [0.25, 0.3) is 0 Å². The quantitative estimate of drug-likeness (QED) is 0.557. The van der Waals surface area contributed by atoms with E-state index in [1.165, 1.54) is 0 Å². The van der Waals surface area contributed by atoms with Gasteiger partial charge in [0.1, 0.15) is 6.61 Å². The summed E-state index contributed by atoms with van der Waals surface area (Å²) in [6.07, 6.45) is 3.09. The highest BCUT2D eigenvalue weighted by Gasteiger charge is 2.07. The van der Waals surface area contributed by atoms with E-state index in [0.29, 0.717) is 39.3 Å². The van der Waals surface area contributed by atoms with Crippen molar-refractivity contribution >= 4 is 11.9 Å². The van der Waals surface area contributed by atoms with Crippen molar-refractivity contribution in [2.75, 3.05) is 26.4 Å². The monoisotopic (exact) mass is 216 g/mol. The number of ether oxygens (including phenoxy) is 3. The molecule has 0 spiro atoms. The highest BCUT2D eigenvalue weighted by atomic mass is 16.6. The lowest BCUT2D eigenvalue weighted by atomic mass is 10.2. The number of hydrogen-bond donors (Lipinski definition) is 0.